The number of hydrogen-bond donors (Lipinski definition) is 4. The molecule has 0 fully saturated rings. The van der Waals surface area contributed by atoms with Crippen molar-refractivity contribution in [3.05, 3.63) is 107 Å². The molecule has 0 spiro atoms. The molecule has 0 bridgehead atoms. The maximum atomic E-state index is 13.3. The molecule has 1 aromatic carbocycles. The molecule has 37 heavy (non-hydrogen) atoms. The number of aromatic nitrogens is 4. The molecule has 4 aromatic rings. The maximum Gasteiger partial charge on any atom is 0.256 e. The second kappa shape index (κ2) is 10.6. The molecule has 0 saturated heterocycles. The Kier molecular flexibility index (Phi) is 6.80. The van der Waals surface area contributed by atoms with Crippen LogP contribution in [0.3, 0.4) is 0 Å². The first kappa shape index (κ1) is 23.6. The number of halogens is 1. The molecule has 1 aliphatic heterocycles. The van der Waals surface area contributed by atoms with Crippen LogP contribution in [0.25, 0.3) is 17.7 Å². The van der Waals surface area contributed by atoms with E-state index in [4.69, 9.17) is 0 Å². The molecule has 4 N–H and O–H groups in total. The van der Waals surface area contributed by atoms with E-state index in [1.165, 1.54) is 12.3 Å². The summed E-state index contributed by atoms with van der Waals surface area (Å²) in [6.45, 7) is 0.561. The molecule has 0 aliphatic carbocycles. The predicted octanol–water partition coefficient (Wildman–Crippen LogP) is 3.89. The van der Waals surface area contributed by atoms with Gasteiger partial charge in [-0.15, -0.1) is 0 Å². The number of anilines is 2. The van der Waals surface area contributed by atoms with Crippen molar-refractivity contribution in [2.75, 3.05) is 17.2 Å². The molecule has 3 aromatic heterocycles. The predicted molar refractivity (Wildman–Crippen MR) is 139 cm³/mol. The Morgan fingerprint density at radius 3 is 2.86 bits per heavy atom. The number of imidazole rings is 1. The second-order valence-electron chi connectivity index (χ2n) is 8.20. The van der Waals surface area contributed by atoms with Gasteiger partial charge in [0.15, 0.2) is 0 Å². The van der Waals surface area contributed by atoms with E-state index in [0.717, 1.165) is 28.7 Å². The van der Waals surface area contributed by atoms with Gasteiger partial charge in [-0.2, -0.15) is 0 Å². The molecule has 184 valence electrons. The van der Waals surface area contributed by atoms with Gasteiger partial charge in [0.2, 0.25) is 0 Å². The highest BCUT2D eigenvalue weighted by Gasteiger charge is 2.24. The lowest BCUT2D eigenvalue weighted by Gasteiger charge is -2.10. The number of pyridine rings is 2. The van der Waals surface area contributed by atoms with Crippen LogP contribution in [0.5, 0.6) is 0 Å². The summed E-state index contributed by atoms with van der Waals surface area (Å²) in [7, 11) is 0. The number of aromatic amines is 1. The van der Waals surface area contributed by atoms with E-state index in [1.807, 2.05) is 30.4 Å². The summed E-state index contributed by atoms with van der Waals surface area (Å²) in [6.07, 6.45) is 13.0. The monoisotopic (exact) mass is 495 g/mol. The molecule has 1 aliphatic rings. The van der Waals surface area contributed by atoms with Crippen LogP contribution in [0.1, 0.15) is 32.7 Å². The van der Waals surface area contributed by atoms with Gasteiger partial charge in [-0.05, 0) is 41.5 Å². The number of hydrogen-bond acceptors (Lipinski definition) is 6. The Morgan fingerprint density at radius 2 is 2.03 bits per heavy atom. The SMILES string of the molecule is O=C1Nc2cc(/C=C/CNc3ncccc3C(=O)NCc3cncc(F)c3)ccc2/C1=C/c1cnc[nH]1. The lowest BCUT2D eigenvalue weighted by atomic mass is 10.0. The van der Waals surface area contributed by atoms with Crippen LogP contribution >= 0.6 is 0 Å². The molecular weight excluding hydrogens is 473 g/mol. The number of rotatable bonds is 8. The van der Waals surface area contributed by atoms with Crippen LogP contribution in [0, 0.1) is 5.82 Å². The number of amides is 2. The van der Waals surface area contributed by atoms with Gasteiger partial charge in [-0.1, -0.05) is 24.3 Å². The number of fused-ring (bicyclic) bond motifs is 1. The molecule has 9 nitrogen and oxygen atoms in total. The second-order valence-corrected chi connectivity index (χ2v) is 8.20. The minimum absolute atomic E-state index is 0.144. The molecule has 10 heteroatoms. The van der Waals surface area contributed by atoms with E-state index in [2.05, 4.69) is 35.9 Å². The van der Waals surface area contributed by atoms with E-state index in [0.29, 0.717) is 29.1 Å². The van der Waals surface area contributed by atoms with Crippen molar-refractivity contribution in [2.45, 2.75) is 6.54 Å². The summed E-state index contributed by atoms with van der Waals surface area (Å²) >= 11 is 0. The molecule has 0 atom stereocenters. The van der Waals surface area contributed by atoms with E-state index >= 15 is 0 Å². The Bertz CT molecular complexity index is 1510. The van der Waals surface area contributed by atoms with E-state index in [-0.39, 0.29) is 18.4 Å². The lowest BCUT2D eigenvalue weighted by Crippen LogP contribution is -2.24. The minimum atomic E-state index is -0.459. The largest absolute Gasteiger partial charge is 0.366 e. The summed E-state index contributed by atoms with van der Waals surface area (Å²) in [5, 5.41) is 8.79. The van der Waals surface area contributed by atoms with Crippen molar-refractivity contribution in [3.8, 4) is 0 Å². The van der Waals surface area contributed by atoms with Crippen molar-refractivity contribution in [1.82, 2.24) is 25.3 Å². The summed E-state index contributed by atoms with van der Waals surface area (Å²) in [5.74, 6) is -0.532. The first-order valence-electron chi connectivity index (χ1n) is 11.5. The highest BCUT2D eigenvalue weighted by molar-refractivity contribution is 6.34. The molecule has 4 heterocycles. The van der Waals surface area contributed by atoms with Crippen molar-refractivity contribution >= 4 is 41.0 Å². The Labute approximate surface area is 211 Å². The third-order valence-electron chi connectivity index (χ3n) is 5.61. The van der Waals surface area contributed by atoms with Crippen LogP contribution in [0.4, 0.5) is 15.9 Å². The van der Waals surface area contributed by atoms with Crippen LogP contribution in [-0.2, 0) is 11.3 Å². The fraction of sp³-hybridized carbons (Fsp3) is 0.0741. The third-order valence-corrected chi connectivity index (χ3v) is 5.61. The summed E-state index contributed by atoms with van der Waals surface area (Å²) < 4.78 is 13.3. The highest BCUT2D eigenvalue weighted by Crippen LogP contribution is 2.33. The minimum Gasteiger partial charge on any atom is -0.366 e. The molecular formula is C27H22FN7O2. The fourth-order valence-electron chi connectivity index (χ4n) is 3.87. The third kappa shape index (κ3) is 5.59. The van der Waals surface area contributed by atoms with E-state index in [1.54, 1.807) is 36.9 Å². The maximum absolute atomic E-state index is 13.3. The number of carbonyl (C=O) groups excluding carboxylic acids is 2. The summed E-state index contributed by atoms with van der Waals surface area (Å²) in [4.78, 5) is 40.1. The smallest absolute Gasteiger partial charge is 0.256 e. The standard InChI is InChI=1S/C27H22FN7O2/c28-19-9-18(12-29-14-19)13-33-26(36)22-4-2-8-32-25(22)31-7-1-3-17-5-6-21-23(11-20-15-30-16-34-20)27(37)35-24(21)10-17/h1-6,8-12,14-16H,7,13H2,(H,30,34)(H,31,32)(H,33,36)(H,35,37)/b3-1+,23-11-. The Hall–Kier alpha value is -5.12. The zero-order valence-corrected chi connectivity index (χ0v) is 19.5. The number of benzene rings is 1. The fourth-order valence-corrected chi connectivity index (χ4v) is 3.87. The number of H-pyrrole nitrogens is 1. The number of carbonyl (C=O) groups is 2. The van der Waals surface area contributed by atoms with Gasteiger partial charge in [-0.25, -0.2) is 14.4 Å². The van der Waals surface area contributed by atoms with Crippen LogP contribution in [0.2, 0.25) is 0 Å². The van der Waals surface area contributed by atoms with Gasteiger partial charge in [-0.3, -0.25) is 14.6 Å². The molecule has 0 saturated carbocycles. The Morgan fingerprint density at radius 1 is 1.11 bits per heavy atom. The van der Waals surface area contributed by atoms with Crippen LogP contribution < -0.4 is 16.0 Å². The number of nitrogens with zero attached hydrogens (tertiary/aromatic N) is 3. The average molecular weight is 496 g/mol. The van der Waals surface area contributed by atoms with E-state index < -0.39 is 5.82 Å². The lowest BCUT2D eigenvalue weighted by molar-refractivity contribution is -0.110. The van der Waals surface area contributed by atoms with Crippen molar-refractivity contribution in [1.29, 1.82) is 0 Å². The van der Waals surface area contributed by atoms with E-state index in [9.17, 15) is 14.0 Å². The highest BCUT2D eigenvalue weighted by atomic mass is 19.1. The van der Waals surface area contributed by atoms with Crippen LogP contribution in [-0.4, -0.2) is 38.3 Å². The molecule has 5 rings (SSSR count). The van der Waals surface area contributed by atoms with Gasteiger partial charge in [0.05, 0.1) is 35.6 Å². The average Bonchev–Trinajstić information content (AvgIpc) is 3.53. The molecule has 0 unspecified atom stereocenters. The van der Waals surface area contributed by atoms with Crippen molar-refractivity contribution in [2.24, 2.45) is 0 Å². The normalized spacial score (nSPS) is 13.5. The summed E-state index contributed by atoms with van der Waals surface area (Å²) in [6, 6.07) is 10.4. The van der Waals surface area contributed by atoms with Gasteiger partial charge < -0.3 is 20.9 Å². The number of nitrogens with one attached hydrogen (secondary N) is 4. The van der Waals surface area contributed by atoms with Gasteiger partial charge in [0, 0.05) is 36.7 Å². The van der Waals surface area contributed by atoms with Crippen LogP contribution in [0.15, 0.2) is 73.6 Å². The zero-order valence-electron chi connectivity index (χ0n) is 19.5. The zero-order chi connectivity index (χ0) is 25.6. The van der Waals surface area contributed by atoms with Crippen molar-refractivity contribution < 1.29 is 14.0 Å². The Balaban J connectivity index is 1.21. The molecule has 2 amide bonds. The first-order valence-corrected chi connectivity index (χ1v) is 11.5. The topological polar surface area (TPSA) is 125 Å². The first-order chi connectivity index (χ1) is 18.1. The van der Waals surface area contributed by atoms with Gasteiger partial charge in [0.1, 0.15) is 11.6 Å². The molecule has 0 radical (unpaired) electrons. The van der Waals surface area contributed by atoms with Crippen molar-refractivity contribution in [3.63, 3.8) is 0 Å². The summed E-state index contributed by atoms with van der Waals surface area (Å²) in [5.41, 5.74) is 4.73. The van der Waals surface area contributed by atoms with Gasteiger partial charge in [0.25, 0.3) is 11.8 Å². The quantitative estimate of drug-likeness (QED) is 0.275. The van der Waals surface area contributed by atoms with Gasteiger partial charge >= 0.3 is 0 Å².